The Hall–Kier alpha value is -5.23. The number of hydrogen-bond acceptors (Lipinski definition) is 5. The number of para-hydroxylation sites is 1. The lowest BCUT2D eigenvalue weighted by Gasteiger charge is -2.25. The van der Waals surface area contributed by atoms with E-state index in [1.165, 1.54) is 51.1 Å². The van der Waals surface area contributed by atoms with Crippen LogP contribution in [0.15, 0.2) is 138 Å². The molecule has 206 valence electrons. The Kier molecular flexibility index (Phi) is 5.03. The van der Waals surface area contributed by atoms with Gasteiger partial charge in [0.2, 0.25) is 0 Å². The van der Waals surface area contributed by atoms with Gasteiger partial charge in [-0.25, -0.2) is 4.98 Å². The van der Waals surface area contributed by atoms with Crippen molar-refractivity contribution >= 4 is 113 Å². The zero-order chi connectivity index (χ0) is 28.8. The van der Waals surface area contributed by atoms with Crippen molar-refractivity contribution in [1.29, 1.82) is 0 Å². The number of pyridine rings is 1. The number of nitrogens with zero attached hydrogens (tertiary/aromatic N) is 2. The van der Waals surface area contributed by atoms with Gasteiger partial charge in [0.1, 0.15) is 11.2 Å². The summed E-state index contributed by atoms with van der Waals surface area (Å²) >= 11 is 3.66. The lowest BCUT2D eigenvalue weighted by atomic mass is 10.0. The average Bonchev–Trinajstić information content (AvgIpc) is 3.76. The van der Waals surface area contributed by atoms with E-state index in [-0.39, 0.29) is 0 Å². The second-order valence-corrected chi connectivity index (χ2v) is 13.3. The van der Waals surface area contributed by atoms with Gasteiger partial charge in [0, 0.05) is 64.0 Å². The van der Waals surface area contributed by atoms with Crippen molar-refractivity contribution in [2.75, 3.05) is 4.90 Å². The minimum absolute atomic E-state index is 0.883. The zero-order valence-electron chi connectivity index (χ0n) is 23.3. The molecule has 0 radical (unpaired) electrons. The van der Waals surface area contributed by atoms with E-state index in [0.717, 1.165) is 39.1 Å². The normalized spacial score (nSPS) is 12.1. The number of benzene rings is 6. The number of furan rings is 1. The highest BCUT2D eigenvalue weighted by Gasteiger charge is 2.22. The second-order valence-electron chi connectivity index (χ2n) is 11.2. The van der Waals surface area contributed by atoms with Gasteiger partial charge in [0.05, 0.1) is 4.70 Å². The van der Waals surface area contributed by atoms with E-state index in [1.54, 1.807) is 0 Å². The van der Waals surface area contributed by atoms with Crippen LogP contribution in [0.5, 0.6) is 0 Å². The van der Waals surface area contributed by atoms with E-state index in [2.05, 4.69) is 120 Å². The largest absolute Gasteiger partial charge is 0.456 e. The molecule has 4 heterocycles. The third-order valence-electron chi connectivity index (χ3n) is 8.71. The maximum Gasteiger partial charge on any atom is 0.155 e. The van der Waals surface area contributed by atoms with E-state index < -0.39 is 0 Å². The molecule has 5 heteroatoms. The lowest BCUT2D eigenvalue weighted by Crippen LogP contribution is -2.11. The molecule has 0 saturated heterocycles. The van der Waals surface area contributed by atoms with Gasteiger partial charge < -0.3 is 4.42 Å². The predicted octanol–water partition coefficient (Wildman–Crippen LogP) is 12.3. The maximum atomic E-state index is 6.21. The van der Waals surface area contributed by atoms with Gasteiger partial charge in [0.25, 0.3) is 0 Å². The zero-order valence-corrected chi connectivity index (χ0v) is 25.0. The Morgan fingerprint density at radius 1 is 0.500 bits per heavy atom. The summed E-state index contributed by atoms with van der Waals surface area (Å²) in [5.74, 6) is 0.929. The molecule has 0 aliphatic rings. The van der Waals surface area contributed by atoms with Gasteiger partial charge in [-0.3, -0.25) is 4.90 Å². The number of fused-ring (bicyclic) bond motifs is 11. The van der Waals surface area contributed by atoms with Crippen molar-refractivity contribution in [2.24, 2.45) is 0 Å². The molecule has 0 amide bonds. The molecule has 0 saturated carbocycles. The van der Waals surface area contributed by atoms with E-state index in [1.807, 2.05) is 41.0 Å². The summed E-state index contributed by atoms with van der Waals surface area (Å²) in [5, 5.41) is 9.81. The van der Waals surface area contributed by atoms with Crippen molar-refractivity contribution in [2.45, 2.75) is 0 Å². The Morgan fingerprint density at radius 2 is 1.20 bits per heavy atom. The van der Waals surface area contributed by atoms with Crippen molar-refractivity contribution in [3.05, 3.63) is 134 Å². The Labute approximate surface area is 259 Å². The third kappa shape index (κ3) is 3.45. The Morgan fingerprint density at radius 3 is 2.14 bits per heavy atom. The van der Waals surface area contributed by atoms with Crippen LogP contribution in [0.4, 0.5) is 17.2 Å². The fourth-order valence-corrected chi connectivity index (χ4v) is 9.00. The molecule has 0 bridgehead atoms. The van der Waals surface area contributed by atoms with Crippen LogP contribution >= 0.6 is 22.7 Å². The van der Waals surface area contributed by atoms with Crippen LogP contribution in [0, 0.1) is 0 Å². The lowest BCUT2D eigenvalue weighted by molar-refractivity contribution is 0.669. The van der Waals surface area contributed by atoms with Crippen molar-refractivity contribution in [3.63, 3.8) is 0 Å². The molecule has 10 aromatic rings. The maximum absolute atomic E-state index is 6.21. The smallest absolute Gasteiger partial charge is 0.155 e. The molecule has 0 atom stereocenters. The first-order chi connectivity index (χ1) is 21.8. The molecular formula is C39H22N2OS2. The van der Waals surface area contributed by atoms with Gasteiger partial charge in [-0.2, -0.15) is 0 Å². The molecular weight excluding hydrogens is 577 g/mol. The van der Waals surface area contributed by atoms with Crippen LogP contribution in [0.2, 0.25) is 0 Å². The van der Waals surface area contributed by atoms with E-state index >= 15 is 0 Å². The summed E-state index contributed by atoms with van der Waals surface area (Å²) < 4.78 is 11.2. The predicted molar refractivity (Wildman–Crippen MR) is 189 cm³/mol. The van der Waals surface area contributed by atoms with E-state index in [0.29, 0.717) is 0 Å². The molecule has 0 fully saturated rings. The van der Waals surface area contributed by atoms with Crippen LogP contribution in [0.1, 0.15) is 0 Å². The fraction of sp³-hybridized carbons (Fsp3) is 0. The van der Waals surface area contributed by atoms with Crippen molar-refractivity contribution in [3.8, 4) is 0 Å². The minimum atomic E-state index is 0.883. The summed E-state index contributed by atoms with van der Waals surface area (Å²) in [6.07, 6.45) is 1.96. The minimum Gasteiger partial charge on any atom is -0.456 e. The van der Waals surface area contributed by atoms with Crippen LogP contribution in [-0.4, -0.2) is 4.98 Å². The standard InChI is InChI=1S/C39H22N2OS2/c1-2-8-26-23(7-1)13-17-36-37(26)29-19-20-40-39(38(29)44-36)41(24-14-16-33-30(21-24)27-9-3-5-11-32(27)42-33)25-15-18-35-31(22-25)28-10-4-6-12-34(28)43-35/h1-22H. The second kappa shape index (κ2) is 9.13. The number of thiophene rings is 2. The van der Waals surface area contributed by atoms with E-state index in [9.17, 15) is 0 Å². The topological polar surface area (TPSA) is 29.3 Å². The number of hydrogen-bond donors (Lipinski definition) is 0. The average molecular weight is 599 g/mol. The summed E-state index contributed by atoms with van der Waals surface area (Å²) in [7, 11) is 0. The number of anilines is 3. The molecule has 3 nitrogen and oxygen atoms in total. The highest BCUT2D eigenvalue weighted by atomic mass is 32.1. The molecule has 0 unspecified atom stereocenters. The van der Waals surface area contributed by atoms with Crippen LogP contribution in [-0.2, 0) is 0 Å². The molecule has 6 aromatic carbocycles. The van der Waals surface area contributed by atoms with Gasteiger partial charge in [-0.1, -0.05) is 66.7 Å². The monoisotopic (exact) mass is 598 g/mol. The molecule has 0 N–H and O–H groups in total. The summed E-state index contributed by atoms with van der Waals surface area (Å²) in [5.41, 5.74) is 3.91. The SMILES string of the molecule is c1ccc2c(c1)ccc1sc3c(N(c4ccc5oc6ccccc6c5c4)c4ccc5sc6ccccc6c5c4)nccc3c12. The van der Waals surface area contributed by atoms with Crippen LogP contribution in [0.3, 0.4) is 0 Å². The van der Waals surface area contributed by atoms with Gasteiger partial charge >= 0.3 is 0 Å². The highest BCUT2D eigenvalue weighted by Crippen LogP contribution is 2.47. The molecule has 4 aromatic heterocycles. The molecule has 0 aliphatic carbocycles. The first-order valence-electron chi connectivity index (χ1n) is 14.6. The first kappa shape index (κ1) is 24.2. The summed E-state index contributed by atoms with van der Waals surface area (Å²) in [4.78, 5) is 7.44. The molecule has 10 rings (SSSR count). The van der Waals surface area contributed by atoms with Gasteiger partial charge in [-0.05, 0) is 71.4 Å². The summed E-state index contributed by atoms with van der Waals surface area (Å²) in [6, 6.07) is 45.6. The van der Waals surface area contributed by atoms with E-state index in [4.69, 9.17) is 9.40 Å². The fourth-order valence-electron chi connectivity index (χ4n) is 6.72. The van der Waals surface area contributed by atoms with Crippen molar-refractivity contribution < 1.29 is 4.42 Å². The highest BCUT2D eigenvalue weighted by molar-refractivity contribution is 7.26. The Balaban J connectivity index is 1.29. The summed E-state index contributed by atoms with van der Waals surface area (Å²) in [6.45, 7) is 0. The van der Waals surface area contributed by atoms with Crippen molar-refractivity contribution in [1.82, 2.24) is 4.98 Å². The first-order valence-corrected chi connectivity index (χ1v) is 16.3. The molecule has 0 spiro atoms. The van der Waals surface area contributed by atoms with Gasteiger partial charge in [0.15, 0.2) is 5.82 Å². The quantitative estimate of drug-likeness (QED) is 0.203. The van der Waals surface area contributed by atoms with Crippen LogP contribution < -0.4 is 4.90 Å². The molecule has 0 aliphatic heterocycles. The molecule has 44 heavy (non-hydrogen) atoms. The Bertz CT molecular complexity index is 2640. The number of aromatic nitrogens is 1. The van der Waals surface area contributed by atoms with Crippen LogP contribution in [0.25, 0.3) is 73.1 Å². The van der Waals surface area contributed by atoms with Gasteiger partial charge in [-0.15, -0.1) is 22.7 Å². The third-order valence-corrected chi connectivity index (χ3v) is 11.0. The number of rotatable bonds is 3.